The normalized spacial score (nSPS) is 27.8. The summed E-state index contributed by atoms with van der Waals surface area (Å²) in [6.07, 6.45) is 1.59. The van der Waals surface area contributed by atoms with E-state index in [1.807, 2.05) is 30.3 Å². The monoisotopic (exact) mass is 344 g/mol. The van der Waals surface area contributed by atoms with Gasteiger partial charge in [0.05, 0.1) is 0 Å². The molecule has 0 N–H and O–H groups in total. The highest BCUT2D eigenvalue weighted by molar-refractivity contribution is 14.1. The number of para-hydroxylation sites is 1. The molecule has 0 aromatic heterocycles. The van der Waals surface area contributed by atoms with Gasteiger partial charge in [-0.1, -0.05) is 54.6 Å². The number of rotatable bonds is 2. The maximum Gasteiger partial charge on any atom is 0.149 e. The maximum absolute atomic E-state index is 11.9. The van der Waals surface area contributed by atoms with Gasteiger partial charge in [-0.15, -0.1) is 0 Å². The van der Waals surface area contributed by atoms with Crippen LogP contribution >= 0.6 is 22.6 Å². The van der Waals surface area contributed by atoms with E-state index in [-0.39, 0.29) is 15.4 Å². The highest BCUT2D eigenvalue weighted by Gasteiger charge is 2.40. The second-order valence-electron chi connectivity index (χ2n) is 5.38. The summed E-state index contributed by atoms with van der Waals surface area (Å²) in [5.41, 5.74) is 0.0538. The first kappa shape index (κ1) is 12.9. The summed E-state index contributed by atoms with van der Waals surface area (Å²) in [6, 6.07) is 9.75. The lowest BCUT2D eigenvalue weighted by atomic mass is 9.75. The molecule has 17 heavy (non-hydrogen) atoms. The highest BCUT2D eigenvalue weighted by atomic mass is 127. The minimum absolute atomic E-state index is 0.00532. The molecule has 0 aliphatic heterocycles. The number of Topliss-reactive ketones (excluding diaryl/α,β-unsaturated/α-hetero) is 1. The molecule has 2 nitrogen and oxygen atoms in total. The Morgan fingerprint density at radius 3 is 2.59 bits per heavy atom. The van der Waals surface area contributed by atoms with Gasteiger partial charge < -0.3 is 4.74 Å². The van der Waals surface area contributed by atoms with E-state index in [0.717, 1.165) is 12.2 Å². The Bertz CT molecular complexity index is 400. The first-order valence-corrected chi connectivity index (χ1v) is 7.11. The van der Waals surface area contributed by atoms with Gasteiger partial charge in [0.15, 0.2) is 0 Å². The molecule has 1 aromatic rings. The van der Waals surface area contributed by atoms with Gasteiger partial charge in [-0.25, -0.2) is 0 Å². The van der Waals surface area contributed by atoms with Crippen molar-refractivity contribution in [1.82, 2.24) is 0 Å². The van der Waals surface area contributed by atoms with E-state index in [1.54, 1.807) is 0 Å². The van der Waals surface area contributed by atoms with Crippen LogP contribution in [-0.4, -0.2) is 15.8 Å². The number of ether oxygens (including phenoxy) is 1. The van der Waals surface area contributed by atoms with Crippen LogP contribution in [0, 0.1) is 5.41 Å². The van der Waals surface area contributed by atoms with Crippen LogP contribution in [0.2, 0.25) is 0 Å². The van der Waals surface area contributed by atoms with Gasteiger partial charge in [-0.3, -0.25) is 4.79 Å². The quantitative estimate of drug-likeness (QED) is 0.605. The van der Waals surface area contributed by atoms with Crippen molar-refractivity contribution in [2.45, 2.75) is 36.7 Å². The lowest BCUT2D eigenvalue weighted by Gasteiger charge is -2.37. The predicted molar refractivity (Wildman–Crippen MR) is 76.7 cm³/mol. The summed E-state index contributed by atoms with van der Waals surface area (Å²) in [5.74, 6) is 1.16. The van der Waals surface area contributed by atoms with E-state index in [0.29, 0.717) is 12.2 Å². The SMILES string of the molecule is CC1(C)CC(=O)C(I)C(Oc2ccccc2)C1. The van der Waals surface area contributed by atoms with Crippen molar-refractivity contribution in [3.63, 3.8) is 0 Å². The molecule has 0 heterocycles. The van der Waals surface area contributed by atoms with E-state index in [4.69, 9.17) is 4.74 Å². The first-order chi connectivity index (χ1) is 7.98. The maximum atomic E-state index is 11.9. The zero-order chi connectivity index (χ0) is 12.5. The zero-order valence-electron chi connectivity index (χ0n) is 10.2. The Labute approximate surface area is 116 Å². The van der Waals surface area contributed by atoms with Crippen LogP contribution < -0.4 is 4.74 Å². The lowest BCUT2D eigenvalue weighted by molar-refractivity contribution is -0.124. The molecule has 2 unspecified atom stereocenters. The topological polar surface area (TPSA) is 26.3 Å². The fraction of sp³-hybridized carbons (Fsp3) is 0.500. The summed E-state index contributed by atoms with van der Waals surface area (Å²) in [4.78, 5) is 11.9. The predicted octanol–water partition coefficient (Wildman–Crippen LogP) is 3.63. The number of hydrogen-bond donors (Lipinski definition) is 0. The van der Waals surface area contributed by atoms with Crippen LogP contribution in [0.3, 0.4) is 0 Å². The van der Waals surface area contributed by atoms with Crippen LogP contribution in [-0.2, 0) is 4.79 Å². The standard InChI is InChI=1S/C14H17IO2/c1-14(2)8-11(16)13(15)12(9-14)17-10-6-4-3-5-7-10/h3-7,12-13H,8-9H2,1-2H3. The van der Waals surface area contributed by atoms with Gasteiger partial charge >= 0.3 is 0 Å². The average molecular weight is 344 g/mol. The van der Waals surface area contributed by atoms with Crippen LogP contribution in [0.5, 0.6) is 5.75 Å². The van der Waals surface area contributed by atoms with E-state index in [2.05, 4.69) is 36.4 Å². The number of halogens is 1. The fourth-order valence-electron chi connectivity index (χ4n) is 2.27. The van der Waals surface area contributed by atoms with Crippen molar-refractivity contribution < 1.29 is 9.53 Å². The van der Waals surface area contributed by atoms with E-state index >= 15 is 0 Å². The van der Waals surface area contributed by atoms with E-state index in [9.17, 15) is 4.79 Å². The molecular weight excluding hydrogens is 327 g/mol. The smallest absolute Gasteiger partial charge is 0.149 e. The van der Waals surface area contributed by atoms with Crippen molar-refractivity contribution >= 4 is 28.4 Å². The Morgan fingerprint density at radius 2 is 1.94 bits per heavy atom. The minimum Gasteiger partial charge on any atom is -0.489 e. The molecule has 2 atom stereocenters. The van der Waals surface area contributed by atoms with Crippen LogP contribution in [0.25, 0.3) is 0 Å². The second kappa shape index (κ2) is 4.96. The van der Waals surface area contributed by atoms with Crippen molar-refractivity contribution in [3.8, 4) is 5.75 Å². The lowest BCUT2D eigenvalue weighted by Crippen LogP contribution is -2.44. The molecule has 1 saturated carbocycles. The number of alkyl halides is 1. The number of benzene rings is 1. The van der Waals surface area contributed by atoms with Crippen molar-refractivity contribution in [2.24, 2.45) is 5.41 Å². The molecule has 1 aromatic carbocycles. The van der Waals surface area contributed by atoms with Gasteiger partial charge in [-0.05, 0) is 24.0 Å². The number of ketones is 1. The van der Waals surface area contributed by atoms with Gasteiger partial charge in [0.25, 0.3) is 0 Å². The summed E-state index contributed by atoms with van der Waals surface area (Å²) in [5, 5.41) is 0. The van der Waals surface area contributed by atoms with Gasteiger partial charge in [-0.2, -0.15) is 0 Å². The molecule has 3 heteroatoms. The molecule has 2 rings (SSSR count). The molecule has 0 amide bonds. The molecule has 0 saturated heterocycles. The Hall–Kier alpha value is -0.580. The molecule has 0 spiro atoms. The molecule has 0 bridgehead atoms. The molecule has 1 aliphatic carbocycles. The van der Waals surface area contributed by atoms with Crippen molar-refractivity contribution in [3.05, 3.63) is 30.3 Å². The number of carbonyl (C=O) groups excluding carboxylic acids is 1. The first-order valence-electron chi connectivity index (χ1n) is 5.86. The molecule has 92 valence electrons. The Balaban J connectivity index is 2.11. The summed E-state index contributed by atoms with van der Waals surface area (Å²) < 4.78 is 5.92. The summed E-state index contributed by atoms with van der Waals surface area (Å²) in [7, 11) is 0. The number of hydrogen-bond acceptors (Lipinski definition) is 2. The van der Waals surface area contributed by atoms with Crippen molar-refractivity contribution in [1.29, 1.82) is 0 Å². The van der Waals surface area contributed by atoms with Gasteiger partial charge in [0.2, 0.25) is 0 Å². The third kappa shape index (κ3) is 3.21. The average Bonchev–Trinajstić information content (AvgIpc) is 2.26. The van der Waals surface area contributed by atoms with Gasteiger partial charge in [0.1, 0.15) is 21.6 Å². The second-order valence-corrected chi connectivity index (χ2v) is 6.72. The van der Waals surface area contributed by atoms with E-state index < -0.39 is 0 Å². The molecule has 1 fully saturated rings. The third-order valence-electron chi connectivity index (χ3n) is 3.07. The largest absolute Gasteiger partial charge is 0.489 e. The summed E-state index contributed by atoms with van der Waals surface area (Å²) >= 11 is 2.21. The van der Waals surface area contributed by atoms with Crippen LogP contribution in [0.4, 0.5) is 0 Å². The van der Waals surface area contributed by atoms with Crippen molar-refractivity contribution in [2.75, 3.05) is 0 Å². The molecular formula is C14H17IO2. The zero-order valence-corrected chi connectivity index (χ0v) is 12.3. The van der Waals surface area contributed by atoms with Crippen LogP contribution in [0.15, 0.2) is 30.3 Å². The fourth-order valence-corrected chi connectivity index (χ4v) is 2.89. The summed E-state index contributed by atoms with van der Waals surface area (Å²) in [6.45, 7) is 4.27. The molecule has 0 radical (unpaired) electrons. The molecule has 1 aliphatic rings. The van der Waals surface area contributed by atoms with Crippen LogP contribution in [0.1, 0.15) is 26.7 Å². The Morgan fingerprint density at radius 1 is 1.29 bits per heavy atom. The Kier molecular flexibility index (Phi) is 3.76. The highest BCUT2D eigenvalue weighted by Crippen LogP contribution is 2.38. The van der Waals surface area contributed by atoms with E-state index in [1.165, 1.54) is 0 Å². The minimum atomic E-state index is -0.0270. The third-order valence-corrected chi connectivity index (χ3v) is 4.57. The van der Waals surface area contributed by atoms with Gasteiger partial charge in [0, 0.05) is 6.42 Å². The number of carbonyl (C=O) groups is 1.